The fourth-order valence-corrected chi connectivity index (χ4v) is 2.99. The van der Waals surface area contributed by atoms with Gasteiger partial charge in [-0.1, -0.05) is 6.07 Å². The standard InChI is InChI=1S/C16H24N2O3/c1-15(2)9-12(16(3,4)21-15)18-13(14(19)20-5)11-7-6-8-17-10-11/h6-8,10,12-13,18H,9H2,1-5H3/t12-,13-/m0/s1. The quantitative estimate of drug-likeness (QED) is 0.862. The molecule has 0 aliphatic carbocycles. The predicted molar refractivity (Wildman–Crippen MR) is 79.8 cm³/mol. The summed E-state index contributed by atoms with van der Waals surface area (Å²) in [4.78, 5) is 16.2. The number of esters is 1. The number of hydrogen-bond donors (Lipinski definition) is 1. The summed E-state index contributed by atoms with van der Waals surface area (Å²) in [6, 6.07) is 3.20. The Morgan fingerprint density at radius 1 is 1.48 bits per heavy atom. The molecule has 1 fully saturated rings. The van der Waals surface area contributed by atoms with Gasteiger partial charge in [-0.2, -0.15) is 0 Å². The van der Waals surface area contributed by atoms with Crippen LogP contribution in [0.1, 0.15) is 45.7 Å². The van der Waals surface area contributed by atoms with Crippen LogP contribution in [0.25, 0.3) is 0 Å². The first-order valence-electron chi connectivity index (χ1n) is 7.19. The zero-order valence-corrected chi connectivity index (χ0v) is 13.3. The normalized spacial score (nSPS) is 24.5. The molecule has 0 unspecified atom stereocenters. The molecule has 0 amide bonds. The Labute approximate surface area is 126 Å². The summed E-state index contributed by atoms with van der Waals surface area (Å²) in [5, 5.41) is 3.39. The Bertz CT molecular complexity index is 500. The predicted octanol–water partition coefficient (Wildman–Crippen LogP) is 2.23. The van der Waals surface area contributed by atoms with Crippen LogP contribution in [0.5, 0.6) is 0 Å². The molecular formula is C16H24N2O3. The number of hydrogen-bond acceptors (Lipinski definition) is 5. The maximum absolute atomic E-state index is 12.1. The lowest BCUT2D eigenvalue weighted by Gasteiger charge is -2.30. The van der Waals surface area contributed by atoms with Crippen molar-refractivity contribution >= 4 is 5.97 Å². The van der Waals surface area contributed by atoms with Gasteiger partial charge in [-0.15, -0.1) is 0 Å². The molecule has 1 saturated heterocycles. The van der Waals surface area contributed by atoms with Crippen molar-refractivity contribution in [1.82, 2.24) is 10.3 Å². The molecule has 1 aromatic heterocycles. The molecule has 0 radical (unpaired) electrons. The molecule has 0 aromatic carbocycles. The average Bonchev–Trinajstić information content (AvgIpc) is 2.63. The Kier molecular flexibility index (Phi) is 4.35. The summed E-state index contributed by atoms with van der Waals surface area (Å²) >= 11 is 0. The van der Waals surface area contributed by atoms with Gasteiger partial charge < -0.3 is 9.47 Å². The molecule has 1 aliphatic heterocycles. The van der Waals surface area contributed by atoms with Crippen molar-refractivity contribution < 1.29 is 14.3 Å². The van der Waals surface area contributed by atoms with Crippen LogP contribution in [0.15, 0.2) is 24.5 Å². The summed E-state index contributed by atoms with van der Waals surface area (Å²) in [6.07, 6.45) is 4.19. The van der Waals surface area contributed by atoms with Crippen LogP contribution >= 0.6 is 0 Å². The van der Waals surface area contributed by atoms with Gasteiger partial charge in [0.1, 0.15) is 6.04 Å². The van der Waals surface area contributed by atoms with Crippen molar-refractivity contribution in [1.29, 1.82) is 0 Å². The highest BCUT2D eigenvalue weighted by atomic mass is 16.5. The van der Waals surface area contributed by atoms with E-state index in [0.29, 0.717) is 0 Å². The second kappa shape index (κ2) is 5.73. The minimum absolute atomic E-state index is 0.0526. The molecule has 0 spiro atoms. The van der Waals surface area contributed by atoms with Crippen LogP contribution in [0, 0.1) is 0 Å². The zero-order chi connectivity index (χ0) is 15.7. The fraction of sp³-hybridized carbons (Fsp3) is 0.625. The fourth-order valence-electron chi connectivity index (χ4n) is 2.99. The van der Waals surface area contributed by atoms with E-state index in [2.05, 4.69) is 24.1 Å². The van der Waals surface area contributed by atoms with Crippen molar-refractivity contribution in [2.45, 2.75) is 57.4 Å². The highest BCUT2D eigenvalue weighted by Gasteiger charge is 2.47. The third kappa shape index (κ3) is 3.60. The lowest BCUT2D eigenvalue weighted by Crippen LogP contribution is -2.47. The van der Waals surface area contributed by atoms with E-state index in [0.717, 1.165) is 12.0 Å². The van der Waals surface area contributed by atoms with Crippen molar-refractivity contribution in [2.75, 3.05) is 7.11 Å². The van der Waals surface area contributed by atoms with Gasteiger partial charge in [0.15, 0.2) is 0 Å². The summed E-state index contributed by atoms with van der Waals surface area (Å²) in [5.74, 6) is -0.316. The molecule has 116 valence electrons. The van der Waals surface area contributed by atoms with E-state index in [1.807, 2.05) is 26.0 Å². The van der Waals surface area contributed by atoms with Gasteiger partial charge in [0.05, 0.1) is 18.3 Å². The number of nitrogens with zero attached hydrogens (tertiary/aromatic N) is 1. The Balaban J connectivity index is 2.22. The molecule has 2 rings (SSSR count). The molecular weight excluding hydrogens is 268 g/mol. The monoisotopic (exact) mass is 292 g/mol. The number of rotatable bonds is 4. The topological polar surface area (TPSA) is 60.5 Å². The molecule has 5 heteroatoms. The number of methoxy groups -OCH3 is 1. The van der Waals surface area contributed by atoms with Gasteiger partial charge in [-0.25, -0.2) is 4.79 Å². The Hall–Kier alpha value is -1.46. The average molecular weight is 292 g/mol. The first-order chi connectivity index (χ1) is 9.75. The highest BCUT2D eigenvalue weighted by molar-refractivity contribution is 5.77. The van der Waals surface area contributed by atoms with E-state index >= 15 is 0 Å². The van der Waals surface area contributed by atoms with Crippen molar-refractivity contribution in [3.05, 3.63) is 30.1 Å². The van der Waals surface area contributed by atoms with E-state index in [9.17, 15) is 4.79 Å². The number of carbonyl (C=O) groups is 1. The third-order valence-corrected chi connectivity index (χ3v) is 3.90. The SMILES string of the molecule is COC(=O)[C@@H](N[C@H]1CC(C)(C)OC1(C)C)c1cccnc1. The molecule has 2 heterocycles. The first kappa shape index (κ1) is 15.9. The maximum Gasteiger partial charge on any atom is 0.327 e. The highest BCUT2D eigenvalue weighted by Crippen LogP contribution is 2.38. The molecule has 0 saturated carbocycles. The van der Waals surface area contributed by atoms with Crippen LogP contribution in [0.3, 0.4) is 0 Å². The van der Waals surface area contributed by atoms with Crippen molar-refractivity contribution in [3.8, 4) is 0 Å². The maximum atomic E-state index is 12.1. The van der Waals surface area contributed by atoms with Gasteiger partial charge >= 0.3 is 5.97 Å². The summed E-state index contributed by atoms with van der Waals surface area (Å²) in [6.45, 7) is 8.20. The smallest absolute Gasteiger partial charge is 0.327 e. The van der Waals surface area contributed by atoms with Crippen LogP contribution in [0.4, 0.5) is 0 Å². The van der Waals surface area contributed by atoms with E-state index in [1.54, 1.807) is 12.4 Å². The molecule has 0 bridgehead atoms. The number of nitrogens with one attached hydrogen (secondary N) is 1. The summed E-state index contributed by atoms with van der Waals surface area (Å²) < 4.78 is 11.0. The van der Waals surface area contributed by atoms with Crippen LogP contribution in [-0.2, 0) is 14.3 Å². The largest absolute Gasteiger partial charge is 0.468 e. The molecule has 21 heavy (non-hydrogen) atoms. The van der Waals surface area contributed by atoms with Crippen LogP contribution in [-0.4, -0.2) is 35.3 Å². The Morgan fingerprint density at radius 3 is 2.67 bits per heavy atom. The Morgan fingerprint density at radius 2 is 2.19 bits per heavy atom. The van der Waals surface area contributed by atoms with Gasteiger partial charge in [-0.05, 0) is 45.7 Å². The van der Waals surface area contributed by atoms with Crippen LogP contribution in [0.2, 0.25) is 0 Å². The number of pyridine rings is 1. The number of aromatic nitrogens is 1. The van der Waals surface area contributed by atoms with Gasteiger partial charge in [0.25, 0.3) is 0 Å². The lowest BCUT2D eigenvalue weighted by molar-refractivity contribution is -0.144. The lowest BCUT2D eigenvalue weighted by atomic mass is 9.93. The van der Waals surface area contributed by atoms with Gasteiger partial charge in [-0.3, -0.25) is 10.3 Å². The minimum atomic E-state index is -0.537. The number of carbonyl (C=O) groups excluding carboxylic acids is 1. The minimum Gasteiger partial charge on any atom is -0.468 e. The van der Waals surface area contributed by atoms with Crippen molar-refractivity contribution in [3.63, 3.8) is 0 Å². The van der Waals surface area contributed by atoms with E-state index in [1.165, 1.54) is 7.11 Å². The molecule has 5 nitrogen and oxygen atoms in total. The molecule has 2 atom stereocenters. The number of ether oxygens (including phenoxy) is 2. The summed E-state index contributed by atoms with van der Waals surface area (Å²) in [5.41, 5.74) is 0.235. The van der Waals surface area contributed by atoms with Crippen LogP contribution < -0.4 is 5.32 Å². The zero-order valence-electron chi connectivity index (χ0n) is 13.3. The second-order valence-electron chi connectivity index (χ2n) is 6.63. The summed E-state index contributed by atoms with van der Waals surface area (Å²) in [7, 11) is 1.40. The van der Waals surface area contributed by atoms with E-state index < -0.39 is 6.04 Å². The van der Waals surface area contributed by atoms with Gasteiger partial charge in [0.2, 0.25) is 0 Å². The first-order valence-corrected chi connectivity index (χ1v) is 7.19. The molecule has 1 aromatic rings. The molecule has 1 N–H and O–H groups in total. The van der Waals surface area contributed by atoms with E-state index in [4.69, 9.17) is 9.47 Å². The van der Waals surface area contributed by atoms with Gasteiger partial charge in [0, 0.05) is 18.4 Å². The van der Waals surface area contributed by atoms with Crippen molar-refractivity contribution in [2.24, 2.45) is 0 Å². The van der Waals surface area contributed by atoms with E-state index in [-0.39, 0.29) is 23.2 Å². The molecule has 1 aliphatic rings. The second-order valence-corrected chi connectivity index (χ2v) is 6.63. The third-order valence-electron chi connectivity index (χ3n) is 3.90.